The zero-order chi connectivity index (χ0) is 14.1. The standard InChI is InChI=1S/C12H12F5N/c1-3-4-12(2,5-18)6-7(13)9(15)11(17)10(16)8(6)14/h3H,1,4-5,18H2,2H3. The predicted molar refractivity (Wildman–Crippen MR) is 57.5 cm³/mol. The lowest BCUT2D eigenvalue weighted by Crippen LogP contribution is -2.34. The molecule has 0 aliphatic heterocycles. The Balaban J connectivity index is 3.63. The lowest BCUT2D eigenvalue weighted by atomic mass is 9.78. The van der Waals surface area contributed by atoms with Crippen LogP contribution in [0.3, 0.4) is 0 Å². The van der Waals surface area contributed by atoms with Crippen molar-refractivity contribution in [2.75, 3.05) is 6.54 Å². The molecule has 0 saturated heterocycles. The Morgan fingerprint density at radius 2 is 1.39 bits per heavy atom. The minimum atomic E-state index is -2.17. The van der Waals surface area contributed by atoms with E-state index in [-0.39, 0.29) is 13.0 Å². The molecule has 1 aromatic carbocycles. The first-order valence-corrected chi connectivity index (χ1v) is 5.13. The molecule has 0 heterocycles. The number of allylic oxidation sites excluding steroid dienone is 1. The quantitative estimate of drug-likeness (QED) is 0.385. The second-order valence-corrected chi connectivity index (χ2v) is 4.20. The number of hydrogen-bond donors (Lipinski definition) is 1. The summed E-state index contributed by atoms with van der Waals surface area (Å²) in [5, 5.41) is 0. The fourth-order valence-corrected chi connectivity index (χ4v) is 1.74. The largest absolute Gasteiger partial charge is 0.330 e. The summed E-state index contributed by atoms with van der Waals surface area (Å²) in [5.74, 6) is -9.80. The highest BCUT2D eigenvalue weighted by molar-refractivity contribution is 5.32. The zero-order valence-corrected chi connectivity index (χ0v) is 9.67. The maximum absolute atomic E-state index is 13.6. The summed E-state index contributed by atoms with van der Waals surface area (Å²) in [5.41, 5.74) is 3.08. The first-order chi connectivity index (χ1) is 8.30. The molecule has 18 heavy (non-hydrogen) atoms. The van der Waals surface area contributed by atoms with E-state index in [1.54, 1.807) is 0 Å². The summed E-state index contributed by atoms with van der Waals surface area (Å²) in [6, 6.07) is 0. The Bertz CT molecular complexity index is 457. The zero-order valence-electron chi connectivity index (χ0n) is 9.67. The predicted octanol–water partition coefficient (Wildman–Crippen LogP) is 3.17. The average molecular weight is 265 g/mol. The third-order valence-electron chi connectivity index (χ3n) is 2.86. The molecule has 1 atom stereocenters. The van der Waals surface area contributed by atoms with Crippen LogP contribution in [0.15, 0.2) is 12.7 Å². The van der Waals surface area contributed by atoms with Crippen LogP contribution in [-0.4, -0.2) is 6.54 Å². The van der Waals surface area contributed by atoms with Crippen molar-refractivity contribution < 1.29 is 22.0 Å². The molecule has 1 aromatic rings. The van der Waals surface area contributed by atoms with Gasteiger partial charge in [-0.15, -0.1) is 6.58 Å². The van der Waals surface area contributed by atoms with Gasteiger partial charge in [0.05, 0.1) is 0 Å². The molecule has 0 spiro atoms. The molecule has 2 N–H and O–H groups in total. The molecule has 1 rings (SSSR count). The number of hydrogen-bond acceptors (Lipinski definition) is 1. The van der Waals surface area contributed by atoms with Crippen LogP contribution >= 0.6 is 0 Å². The van der Waals surface area contributed by atoms with Crippen molar-refractivity contribution in [3.63, 3.8) is 0 Å². The van der Waals surface area contributed by atoms with Crippen LogP contribution in [0.2, 0.25) is 0 Å². The van der Waals surface area contributed by atoms with Gasteiger partial charge in [-0.1, -0.05) is 13.0 Å². The monoisotopic (exact) mass is 265 g/mol. The lowest BCUT2D eigenvalue weighted by molar-refractivity contribution is 0.341. The van der Waals surface area contributed by atoms with Gasteiger partial charge in [-0.2, -0.15) is 0 Å². The molecule has 0 bridgehead atoms. The third-order valence-corrected chi connectivity index (χ3v) is 2.86. The summed E-state index contributed by atoms with van der Waals surface area (Å²) < 4.78 is 66.3. The maximum atomic E-state index is 13.6. The molecule has 100 valence electrons. The normalized spacial score (nSPS) is 14.4. The van der Waals surface area contributed by atoms with Gasteiger partial charge in [-0.05, 0) is 6.42 Å². The smallest absolute Gasteiger partial charge is 0.200 e. The van der Waals surface area contributed by atoms with Gasteiger partial charge in [-0.25, -0.2) is 22.0 Å². The molecule has 1 nitrogen and oxygen atoms in total. The van der Waals surface area contributed by atoms with E-state index in [9.17, 15) is 22.0 Å². The van der Waals surface area contributed by atoms with E-state index in [0.717, 1.165) is 0 Å². The minimum absolute atomic E-state index is 0.0121. The Hall–Kier alpha value is -1.43. The molecule has 0 aromatic heterocycles. The number of nitrogens with two attached hydrogens (primary N) is 1. The fraction of sp³-hybridized carbons (Fsp3) is 0.333. The van der Waals surface area contributed by atoms with Crippen LogP contribution in [-0.2, 0) is 5.41 Å². The highest BCUT2D eigenvalue weighted by Gasteiger charge is 2.36. The van der Waals surface area contributed by atoms with E-state index < -0.39 is 40.1 Å². The highest BCUT2D eigenvalue weighted by Crippen LogP contribution is 2.34. The topological polar surface area (TPSA) is 26.0 Å². The van der Waals surface area contributed by atoms with Crippen molar-refractivity contribution in [3.05, 3.63) is 47.3 Å². The van der Waals surface area contributed by atoms with Crippen molar-refractivity contribution in [1.29, 1.82) is 0 Å². The summed E-state index contributed by atoms with van der Waals surface area (Å²) in [7, 11) is 0. The Kier molecular flexibility index (Phi) is 4.11. The lowest BCUT2D eigenvalue weighted by Gasteiger charge is -2.28. The minimum Gasteiger partial charge on any atom is -0.330 e. The first kappa shape index (κ1) is 14.6. The molecule has 1 unspecified atom stereocenters. The molecule has 6 heteroatoms. The van der Waals surface area contributed by atoms with Crippen LogP contribution in [0.1, 0.15) is 18.9 Å². The number of benzene rings is 1. The van der Waals surface area contributed by atoms with E-state index in [4.69, 9.17) is 5.73 Å². The third kappa shape index (κ3) is 2.12. The van der Waals surface area contributed by atoms with Gasteiger partial charge in [0.1, 0.15) is 0 Å². The maximum Gasteiger partial charge on any atom is 0.200 e. The Morgan fingerprint density at radius 3 is 1.72 bits per heavy atom. The number of rotatable bonds is 4. The van der Waals surface area contributed by atoms with Crippen LogP contribution in [0.4, 0.5) is 22.0 Å². The van der Waals surface area contributed by atoms with E-state index in [1.807, 2.05) is 0 Å². The van der Waals surface area contributed by atoms with Crippen LogP contribution < -0.4 is 5.73 Å². The SMILES string of the molecule is C=CCC(C)(CN)c1c(F)c(F)c(F)c(F)c1F. The van der Waals surface area contributed by atoms with E-state index in [1.165, 1.54) is 13.0 Å². The molecule has 0 radical (unpaired) electrons. The molecule has 0 saturated carbocycles. The van der Waals surface area contributed by atoms with Crippen LogP contribution in [0, 0.1) is 29.1 Å². The van der Waals surface area contributed by atoms with Crippen molar-refractivity contribution in [2.24, 2.45) is 5.73 Å². The van der Waals surface area contributed by atoms with E-state index in [0.29, 0.717) is 0 Å². The van der Waals surface area contributed by atoms with Crippen molar-refractivity contribution in [2.45, 2.75) is 18.8 Å². The average Bonchev–Trinajstić information content (AvgIpc) is 2.34. The molecule has 0 amide bonds. The van der Waals surface area contributed by atoms with Gasteiger partial charge in [-0.3, -0.25) is 0 Å². The summed E-state index contributed by atoms with van der Waals surface area (Å²) >= 11 is 0. The van der Waals surface area contributed by atoms with Gasteiger partial charge in [0.25, 0.3) is 0 Å². The van der Waals surface area contributed by atoms with Crippen molar-refractivity contribution >= 4 is 0 Å². The fourth-order valence-electron chi connectivity index (χ4n) is 1.74. The van der Waals surface area contributed by atoms with Crippen molar-refractivity contribution in [3.8, 4) is 0 Å². The summed E-state index contributed by atoms with van der Waals surface area (Å²) in [4.78, 5) is 0. The van der Waals surface area contributed by atoms with Gasteiger partial charge in [0, 0.05) is 17.5 Å². The Morgan fingerprint density at radius 1 is 1.00 bits per heavy atom. The van der Waals surface area contributed by atoms with Crippen LogP contribution in [0.5, 0.6) is 0 Å². The molecule has 0 aliphatic carbocycles. The second-order valence-electron chi connectivity index (χ2n) is 4.20. The van der Waals surface area contributed by atoms with Gasteiger partial charge in [0.15, 0.2) is 23.3 Å². The molecular weight excluding hydrogens is 253 g/mol. The molecular formula is C12H12F5N. The van der Waals surface area contributed by atoms with E-state index >= 15 is 0 Å². The van der Waals surface area contributed by atoms with E-state index in [2.05, 4.69) is 6.58 Å². The second kappa shape index (κ2) is 5.06. The van der Waals surface area contributed by atoms with Crippen LogP contribution in [0.25, 0.3) is 0 Å². The van der Waals surface area contributed by atoms with Gasteiger partial charge in [0.2, 0.25) is 5.82 Å². The van der Waals surface area contributed by atoms with Gasteiger partial charge < -0.3 is 5.73 Å². The highest BCUT2D eigenvalue weighted by atomic mass is 19.2. The van der Waals surface area contributed by atoms with Crippen molar-refractivity contribution in [1.82, 2.24) is 0 Å². The first-order valence-electron chi connectivity index (χ1n) is 5.13. The van der Waals surface area contributed by atoms with Gasteiger partial charge >= 0.3 is 0 Å². The summed E-state index contributed by atoms with van der Waals surface area (Å²) in [6.45, 7) is 4.41. The molecule has 0 aliphatic rings. The Labute approximate surface area is 101 Å². The summed E-state index contributed by atoms with van der Waals surface area (Å²) in [6.07, 6.45) is 1.30. The number of halogens is 5. The molecule has 0 fully saturated rings.